The van der Waals surface area contributed by atoms with E-state index in [2.05, 4.69) is 20.8 Å². The van der Waals surface area contributed by atoms with Crippen molar-refractivity contribution >= 4 is 0 Å². The van der Waals surface area contributed by atoms with Gasteiger partial charge >= 0.3 is 0 Å². The summed E-state index contributed by atoms with van der Waals surface area (Å²) in [6.07, 6.45) is 13.2. The molecule has 0 aliphatic heterocycles. The SMILES string of the molecule is CCCCCCCC(C)CC1CC1CC. The Morgan fingerprint density at radius 1 is 1.00 bits per heavy atom. The maximum Gasteiger partial charge on any atom is -0.0381 e. The van der Waals surface area contributed by atoms with E-state index in [0.717, 1.165) is 17.8 Å². The molecule has 0 amide bonds. The molecule has 90 valence electrons. The molecule has 0 N–H and O–H groups in total. The third-order valence-corrected chi connectivity index (χ3v) is 4.10. The summed E-state index contributed by atoms with van der Waals surface area (Å²) in [4.78, 5) is 0. The minimum Gasteiger partial charge on any atom is -0.0654 e. The Morgan fingerprint density at radius 2 is 1.73 bits per heavy atom. The zero-order chi connectivity index (χ0) is 11.1. The second kappa shape index (κ2) is 7.30. The van der Waals surface area contributed by atoms with Crippen LogP contribution in [0.15, 0.2) is 0 Å². The number of hydrogen-bond acceptors (Lipinski definition) is 0. The van der Waals surface area contributed by atoms with Crippen LogP contribution in [0.3, 0.4) is 0 Å². The summed E-state index contributed by atoms with van der Waals surface area (Å²) in [6, 6.07) is 0. The molecule has 1 aliphatic carbocycles. The zero-order valence-corrected chi connectivity index (χ0v) is 11.1. The van der Waals surface area contributed by atoms with Gasteiger partial charge in [-0.25, -0.2) is 0 Å². The Labute approximate surface area is 96.8 Å². The lowest BCUT2D eigenvalue weighted by Gasteiger charge is -2.10. The molecule has 3 unspecified atom stereocenters. The van der Waals surface area contributed by atoms with Crippen LogP contribution in [0.2, 0.25) is 0 Å². The standard InChI is InChI=1S/C15H30/c1-4-6-7-8-9-10-13(3)11-15-12-14(15)5-2/h13-15H,4-12H2,1-3H3. The number of unbranched alkanes of at least 4 members (excludes halogenated alkanes) is 4. The van der Waals surface area contributed by atoms with E-state index in [9.17, 15) is 0 Å². The summed E-state index contributed by atoms with van der Waals surface area (Å²) in [5.41, 5.74) is 0. The molecule has 0 bridgehead atoms. The number of rotatable bonds is 9. The Bertz CT molecular complexity index is 150. The highest BCUT2D eigenvalue weighted by molar-refractivity contribution is 4.85. The van der Waals surface area contributed by atoms with Gasteiger partial charge in [0.05, 0.1) is 0 Å². The predicted octanol–water partition coefficient (Wildman–Crippen LogP) is 5.42. The average molecular weight is 210 g/mol. The van der Waals surface area contributed by atoms with E-state index in [-0.39, 0.29) is 0 Å². The van der Waals surface area contributed by atoms with E-state index in [1.165, 1.54) is 57.8 Å². The fraction of sp³-hybridized carbons (Fsp3) is 1.00. The predicted molar refractivity (Wildman–Crippen MR) is 69.0 cm³/mol. The molecule has 0 heteroatoms. The molecule has 0 aromatic rings. The first-order valence-electron chi connectivity index (χ1n) is 7.27. The van der Waals surface area contributed by atoms with Crippen LogP contribution < -0.4 is 0 Å². The van der Waals surface area contributed by atoms with Gasteiger partial charge in [-0.1, -0.05) is 65.7 Å². The first-order valence-corrected chi connectivity index (χ1v) is 7.27. The second-order valence-corrected chi connectivity index (χ2v) is 5.71. The van der Waals surface area contributed by atoms with Crippen molar-refractivity contribution in [3.8, 4) is 0 Å². The van der Waals surface area contributed by atoms with Gasteiger partial charge in [-0.05, 0) is 30.6 Å². The topological polar surface area (TPSA) is 0 Å². The largest absolute Gasteiger partial charge is 0.0654 e. The van der Waals surface area contributed by atoms with Gasteiger partial charge in [0.15, 0.2) is 0 Å². The third-order valence-electron chi connectivity index (χ3n) is 4.10. The minimum absolute atomic E-state index is 0.994. The minimum atomic E-state index is 0.994. The molecule has 0 heterocycles. The van der Waals surface area contributed by atoms with Crippen LogP contribution in [-0.2, 0) is 0 Å². The summed E-state index contributed by atoms with van der Waals surface area (Å²) in [6.45, 7) is 7.10. The molecule has 1 saturated carbocycles. The van der Waals surface area contributed by atoms with Crippen molar-refractivity contribution in [2.45, 2.75) is 78.6 Å². The highest BCUT2D eigenvalue weighted by Crippen LogP contribution is 2.45. The van der Waals surface area contributed by atoms with E-state index in [0.29, 0.717) is 0 Å². The average Bonchev–Trinajstić information content (AvgIpc) is 2.96. The fourth-order valence-electron chi connectivity index (χ4n) is 2.83. The van der Waals surface area contributed by atoms with Gasteiger partial charge in [-0.3, -0.25) is 0 Å². The van der Waals surface area contributed by atoms with E-state index in [1.807, 2.05) is 0 Å². The van der Waals surface area contributed by atoms with Gasteiger partial charge in [0.2, 0.25) is 0 Å². The molecule has 0 saturated heterocycles. The quantitative estimate of drug-likeness (QED) is 0.446. The van der Waals surface area contributed by atoms with Crippen LogP contribution in [-0.4, -0.2) is 0 Å². The Kier molecular flexibility index (Phi) is 6.36. The van der Waals surface area contributed by atoms with Crippen LogP contribution in [0, 0.1) is 17.8 Å². The maximum atomic E-state index is 2.46. The van der Waals surface area contributed by atoms with Crippen molar-refractivity contribution in [3.63, 3.8) is 0 Å². The fourth-order valence-corrected chi connectivity index (χ4v) is 2.83. The lowest BCUT2D eigenvalue weighted by molar-refractivity contribution is 0.422. The molecule has 1 fully saturated rings. The highest BCUT2D eigenvalue weighted by Gasteiger charge is 2.35. The normalized spacial score (nSPS) is 26.6. The Balaban J connectivity index is 1.88. The first kappa shape index (κ1) is 13.1. The molecule has 15 heavy (non-hydrogen) atoms. The van der Waals surface area contributed by atoms with Crippen LogP contribution in [0.1, 0.15) is 78.6 Å². The van der Waals surface area contributed by atoms with Crippen molar-refractivity contribution in [1.29, 1.82) is 0 Å². The van der Waals surface area contributed by atoms with E-state index in [4.69, 9.17) is 0 Å². The van der Waals surface area contributed by atoms with Crippen molar-refractivity contribution in [2.24, 2.45) is 17.8 Å². The molecule has 0 radical (unpaired) electrons. The van der Waals surface area contributed by atoms with Crippen LogP contribution in [0.5, 0.6) is 0 Å². The first-order chi connectivity index (χ1) is 7.27. The molecule has 1 rings (SSSR count). The van der Waals surface area contributed by atoms with Gasteiger partial charge in [0.1, 0.15) is 0 Å². The van der Waals surface area contributed by atoms with Crippen LogP contribution in [0.25, 0.3) is 0 Å². The van der Waals surface area contributed by atoms with E-state index in [1.54, 1.807) is 0 Å². The lowest BCUT2D eigenvalue weighted by Crippen LogP contribution is -1.97. The summed E-state index contributed by atoms with van der Waals surface area (Å²) in [5.74, 6) is 3.21. The highest BCUT2D eigenvalue weighted by atomic mass is 14.4. The third kappa shape index (κ3) is 5.58. The van der Waals surface area contributed by atoms with Crippen molar-refractivity contribution < 1.29 is 0 Å². The van der Waals surface area contributed by atoms with Crippen molar-refractivity contribution in [2.75, 3.05) is 0 Å². The summed E-state index contributed by atoms with van der Waals surface area (Å²) >= 11 is 0. The van der Waals surface area contributed by atoms with Gasteiger partial charge in [0.25, 0.3) is 0 Å². The summed E-state index contributed by atoms with van der Waals surface area (Å²) in [7, 11) is 0. The second-order valence-electron chi connectivity index (χ2n) is 5.71. The van der Waals surface area contributed by atoms with E-state index >= 15 is 0 Å². The summed E-state index contributed by atoms with van der Waals surface area (Å²) in [5, 5.41) is 0. The van der Waals surface area contributed by atoms with Gasteiger partial charge < -0.3 is 0 Å². The Morgan fingerprint density at radius 3 is 2.33 bits per heavy atom. The van der Waals surface area contributed by atoms with Crippen molar-refractivity contribution in [1.82, 2.24) is 0 Å². The molecule has 0 aromatic carbocycles. The summed E-state index contributed by atoms with van der Waals surface area (Å²) < 4.78 is 0. The van der Waals surface area contributed by atoms with Gasteiger partial charge in [-0.15, -0.1) is 0 Å². The molecule has 0 spiro atoms. The monoisotopic (exact) mass is 210 g/mol. The van der Waals surface area contributed by atoms with Gasteiger partial charge in [0, 0.05) is 0 Å². The molecule has 0 nitrogen and oxygen atoms in total. The molecule has 1 aliphatic rings. The molecular weight excluding hydrogens is 180 g/mol. The van der Waals surface area contributed by atoms with Crippen molar-refractivity contribution in [3.05, 3.63) is 0 Å². The number of hydrogen-bond donors (Lipinski definition) is 0. The van der Waals surface area contributed by atoms with E-state index < -0.39 is 0 Å². The maximum absolute atomic E-state index is 2.46. The lowest BCUT2D eigenvalue weighted by atomic mass is 9.96. The smallest absolute Gasteiger partial charge is 0.0381 e. The van der Waals surface area contributed by atoms with Crippen LogP contribution >= 0.6 is 0 Å². The molecule has 0 aromatic heterocycles. The van der Waals surface area contributed by atoms with Crippen LogP contribution in [0.4, 0.5) is 0 Å². The van der Waals surface area contributed by atoms with Gasteiger partial charge in [-0.2, -0.15) is 0 Å². The zero-order valence-electron chi connectivity index (χ0n) is 11.1. The molecular formula is C15H30. The molecule has 3 atom stereocenters. The Hall–Kier alpha value is 0.